The minimum atomic E-state index is -3.64. The first-order valence-corrected chi connectivity index (χ1v) is 7.18. The summed E-state index contributed by atoms with van der Waals surface area (Å²) in [7, 11) is -3.64. The second-order valence-electron chi connectivity index (χ2n) is 4.59. The van der Waals surface area contributed by atoms with Crippen molar-refractivity contribution >= 4 is 15.8 Å². The van der Waals surface area contributed by atoms with Gasteiger partial charge in [0.15, 0.2) is 14.6 Å². The van der Waals surface area contributed by atoms with Gasteiger partial charge in [-0.2, -0.15) is 0 Å². The summed E-state index contributed by atoms with van der Waals surface area (Å²) < 4.78 is 27.2. The molecule has 0 atom stereocenters. The number of hydrogen-bond acceptors (Lipinski definition) is 5. The summed E-state index contributed by atoms with van der Waals surface area (Å²) >= 11 is 0. The van der Waals surface area contributed by atoms with Crippen LogP contribution >= 0.6 is 0 Å². The molecule has 1 saturated heterocycles. The van der Waals surface area contributed by atoms with Crippen LogP contribution in [0.4, 0.5) is 0 Å². The Morgan fingerprint density at radius 1 is 1.35 bits per heavy atom. The first-order valence-electron chi connectivity index (χ1n) is 5.53. The van der Waals surface area contributed by atoms with Crippen LogP contribution in [0.1, 0.15) is 13.8 Å². The molecule has 17 heavy (non-hydrogen) atoms. The number of hydrogen-bond donors (Lipinski definition) is 1. The molecule has 0 spiro atoms. The fraction of sp³-hybridized carbons (Fsp3) is 0.900. The van der Waals surface area contributed by atoms with Gasteiger partial charge in [-0.3, -0.25) is 9.69 Å². The van der Waals surface area contributed by atoms with Crippen LogP contribution in [0.15, 0.2) is 0 Å². The van der Waals surface area contributed by atoms with Gasteiger partial charge in [-0.15, -0.1) is 0 Å². The fourth-order valence-corrected chi connectivity index (χ4v) is 2.74. The van der Waals surface area contributed by atoms with Crippen LogP contribution in [0.3, 0.4) is 0 Å². The molecule has 0 aliphatic carbocycles. The van der Waals surface area contributed by atoms with E-state index in [4.69, 9.17) is 9.84 Å². The molecule has 1 aliphatic rings. The van der Waals surface area contributed by atoms with Crippen molar-refractivity contribution in [1.82, 2.24) is 4.90 Å². The van der Waals surface area contributed by atoms with Gasteiger partial charge >= 0.3 is 5.97 Å². The van der Waals surface area contributed by atoms with Crippen molar-refractivity contribution in [2.24, 2.45) is 0 Å². The number of carboxylic acid groups (broad SMARTS) is 1. The molecule has 1 aliphatic heterocycles. The molecule has 0 aromatic rings. The SMILES string of the molecule is CC(C)(C(=O)O)S(=O)(=O)CCN1CCOCC1. The quantitative estimate of drug-likeness (QED) is 0.728. The molecule has 0 radical (unpaired) electrons. The lowest BCUT2D eigenvalue weighted by molar-refractivity contribution is -0.139. The zero-order valence-corrected chi connectivity index (χ0v) is 11.0. The smallest absolute Gasteiger partial charge is 0.324 e. The van der Waals surface area contributed by atoms with Crippen LogP contribution in [0.5, 0.6) is 0 Å². The van der Waals surface area contributed by atoms with Gasteiger partial charge < -0.3 is 9.84 Å². The lowest BCUT2D eigenvalue weighted by atomic mass is 10.2. The molecule has 6 nitrogen and oxygen atoms in total. The lowest BCUT2D eigenvalue weighted by Crippen LogP contribution is -2.46. The lowest BCUT2D eigenvalue weighted by Gasteiger charge is -2.28. The number of sulfone groups is 1. The molecular formula is C10H19NO5S. The summed E-state index contributed by atoms with van der Waals surface area (Å²) in [6.07, 6.45) is 0. The van der Waals surface area contributed by atoms with E-state index >= 15 is 0 Å². The highest BCUT2D eigenvalue weighted by molar-refractivity contribution is 7.93. The van der Waals surface area contributed by atoms with Gasteiger partial charge in [-0.25, -0.2) is 8.42 Å². The van der Waals surface area contributed by atoms with E-state index in [0.717, 1.165) is 0 Å². The van der Waals surface area contributed by atoms with Crippen LogP contribution in [0, 0.1) is 0 Å². The fourth-order valence-electron chi connectivity index (χ4n) is 1.46. The molecule has 1 N–H and O–H groups in total. The molecule has 0 saturated carbocycles. The summed E-state index contributed by atoms with van der Waals surface area (Å²) in [4.78, 5) is 12.9. The molecule has 1 heterocycles. The average Bonchev–Trinajstić information content (AvgIpc) is 2.27. The third kappa shape index (κ3) is 3.40. The van der Waals surface area contributed by atoms with Gasteiger partial charge in [0, 0.05) is 19.6 Å². The maximum Gasteiger partial charge on any atom is 0.324 e. The van der Waals surface area contributed by atoms with Crippen LogP contribution in [-0.2, 0) is 19.4 Å². The summed E-state index contributed by atoms with van der Waals surface area (Å²) in [6, 6.07) is 0. The Morgan fingerprint density at radius 3 is 2.35 bits per heavy atom. The normalized spacial score (nSPS) is 19.2. The summed E-state index contributed by atoms with van der Waals surface area (Å²) in [6.45, 7) is 5.41. The van der Waals surface area contributed by atoms with E-state index in [9.17, 15) is 13.2 Å². The highest BCUT2D eigenvalue weighted by Crippen LogP contribution is 2.17. The van der Waals surface area contributed by atoms with Gasteiger partial charge in [0.05, 0.1) is 19.0 Å². The minimum Gasteiger partial charge on any atom is -0.480 e. The number of nitrogens with zero attached hydrogens (tertiary/aromatic N) is 1. The van der Waals surface area contributed by atoms with Crippen LogP contribution in [0.25, 0.3) is 0 Å². The maximum absolute atomic E-state index is 11.9. The second-order valence-corrected chi connectivity index (χ2v) is 7.25. The molecule has 7 heteroatoms. The van der Waals surface area contributed by atoms with Crippen molar-refractivity contribution in [3.8, 4) is 0 Å². The molecule has 1 rings (SSSR count). The van der Waals surface area contributed by atoms with Gasteiger partial charge in [0.25, 0.3) is 0 Å². The molecule has 100 valence electrons. The van der Waals surface area contributed by atoms with Crippen molar-refractivity contribution in [3.05, 3.63) is 0 Å². The summed E-state index contributed by atoms with van der Waals surface area (Å²) in [5, 5.41) is 8.90. The van der Waals surface area contributed by atoms with E-state index in [1.165, 1.54) is 13.8 Å². The maximum atomic E-state index is 11.9. The van der Waals surface area contributed by atoms with E-state index in [1.807, 2.05) is 4.90 Å². The topological polar surface area (TPSA) is 83.9 Å². The number of ether oxygens (including phenoxy) is 1. The van der Waals surface area contributed by atoms with Gasteiger partial charge in [0.2, 0.25) is 0 Å². The number of morpholine rings is 1. The number of rotatable bonds is 5. The van der Waals surface area contributed by atoms with Crippen molar-refractivity contribution in [2.45, 2.75) is 18.6 Å². The molecule has 0 amide bonds. The standard InChI is InChI=1S/C10H19NO5S/c1-10(2,9(12)13)17(14,15)8-5-11-3-6-16-7-4-11/h3-8H2,1-2H3,(H,12,13). The van der Waals surface area contributed by atoms with E-state index in [1.54, 1.807) is 0 Å². The predicted molar refractivity (Wildman–Crippen MR) is 62.8 cm³/mol. The van der Waals surface area contributed by atoms with Crippen molar-refractivity contribution in [3.63, 3.8) is 0 Å². The largest absolute Gasteiger partial charge is 0.480 e. The molecule has 0 bridgehead atoms. The van der Waals surface area contributed by atoms with Gasteiger partial charge in [-0.1, -0.05) is 0 Å². The van der Waals surface area contributed by atoms with Crippen LogP contribution < -0.4 is 0 Å². The van der Waals surface area contributed by atoms with Crippen molar-refractivity contribution < 1.29 is 23.1 Å². The third-order valence-corrected chi connectivity index (χ3v) is 5.52. The Balaban J connectivity index is 2.58. The Morgan fingerprint density at radius 2 is 1.88 bits per heavy atom. The predicted octanol–water partition coefficient (Wildman–Crippen LogP) is -0.403. The average molecular weight is 265 g/mol. The summed E-state index contributed by atoms with van der Waals surface area (Å²) in [5.74, 6) is -1.44. The van der Waals surface area contributed by atoms with Gasteiger partial charge in [-0.05, 0) is 13.8 Å². The van der Waals surface area contributed by atoms with E-state index in [2.05, 4.69) is 0 Å². The monoisotopic (exact) mass is 265 g/mol. The van der Waals surface area contributed by atoms with Crippen LogP contribution in [0.2, 0.25) is 0 Å². The zero-order chi connectivity index (χ0) is 13.1. The van der Waals surface area contributed by atoms with E-state index < -0.39 is 20.6 Å². The molecule has 0 aromatic heterocycles. The Hall–Kier alpha value is -0.660. The Kier molecular flexibility index (Phi) is 4.51. The van der Waals surface area contributed by atoms with Crippen molar-refractivity contribution in [1.29, 1.82) is 0 Å². The zero-order valence-electron chi connectivity index (χ0n) is 10.2. The molecule has 1 fully saturated rings. The highest BCUT2D eigenvalue weighted by atomic mass is 32.2. The van der Waals surface area contributed by atoms with Gasteiger partial charge in [0.1, 0.15) is 0 Å². The molecular weight excluding hydrogens is 246 g/mol. The van der Waals surface area contributed by atoms with Crippen LogP contribution in [-0.4, -0.2) is 67.7 Å². The van der Waals surface area contributed by atoms with E-state index in [-0.39, 0.29) is 5.75 Å². The Bertz CT molecular complexity index is 370. The molecule has 0 aromatic carbocycles. The number of aliphatic carboxylic acids is 1. The summed E-state index contributed by atoms with van der Waals surface area (Å²) in [5.41, 5.74) is 0. The molecule has 0 unspecified atom stereocenters. The number of carboxylic acids is 1. The van der Waals surface area contributed by atoms with E-state index in [0.29, 0.717) is 32.8 Å². The number of carbonyl (C=O) groups is 1. The van der Waals surface area contributed by atoms with Crippen molar-refractivity contribution in [2.75, 3.05) is 38.6 Å². The third-order valence-electron chi connectivity index (χ3n) is 3.07. The minimum absolute atomic E-state index is 0.133. The first-order chi connectivity index (χ1) is 7.77. The Labute approximate surface area is 101 Å². The second kappa shape index (κ2) is 5.32. The first kappa shape index (κ1) is 14.4. The highest BCUT2D eigenvalue weighted by Gasteiger charge is 2.41.